The van der Waals surface area contributed by atoms with Gasteiger partial charge in [0.2, 0.25) is 5.82 Å². The SMILES string of the molecule is CN1CCOC(c2noc(-c3ccc(N)c(Br)c3)n2)C1. The van der Waals surface area contributed by atoms with Gasteiger partial charge in [-0.05, 0) is 41.2 Å². The molecule has 1 aromatic heterocycles. The quantitative estimate of drug-likeness (QED) is 0.844. The summed E-state index contributed by atoms with van der Waals surface area (Å²) in [5, 5.41) is 4.02. The molecule has 0 amide bonds. The number of hydrogen-bond acceptors (Lipinski definition) is 6. The molecule has 1 aliphatic rings. The van der Waals surface area contributed by atoms with Crippen molar-refractivity contribution in [1.82, 2.24) is 15.0 Å². The van der Waals surface area contributed by atoms with Gasteiger partial charge in [0.05, 0.1) is 6.61 Å². The van der Waals surface area contributed by atoms with Crippen LogP contribution in [0.3, 0.4) is 0 Å². The summed E-state index contributed by atoms with van der Waals surface area (Å²) in [4.78, 5) is 6.60. The van der Waals surface area contributed by atoms with E-state index in [4.69, 9.17) is 15.0 Å². The Bertz CT molecular complexity index is 616. The average Bonchev–Trinajstić information content (AvgIpc) is 2.92. The van der Waals surface area contributed by atoms with E-state index in [1.165, 1.54) is 0 Å². The third-order valence-electron chi connectivity index (χ3n) is 3.25. The highest BCUT2D eigenvalue weighted by Gasteiger charge is 2.24. The van der Waals surface area contributed by atoms with Crippen LogP contribution in [-0.2, 0) is 4.74 Å². The molecule has 6 nitrogen and oxygen atoms in total. The van der Waals surface area contributed by atoms with Gasteiger partial charge in [0.15, 0.2) is 0 Å². The van der Waals surface area contributed by atoms with Crippen molar-refractivity contribution >= 4 is 21.6 Å². The van der Waals surface area contributed by atoms with Gasteiger partial charge in [0.1, 0.15) is 6.10 Å². The molecule has 2 aromatic rings. The van der Waals surface area contributed by atoms with Gasteiger partial charge in [-0.3, -0.25) is 0 Å². The minimum Gasteiger partial charge on any atom is -0.398 e. The minimum atomic E-state index is -0.136. The zero-order valence-electron chi connectivity index (χ0n) is 11.0. The molecule has 3 rings (SSSR count). The van der Waals surface area contributed by atoms with Crippen molar-refractivity contribution in [2.75, 3.05) is 32.5 Å². The summed E-state index contributed by atoms with van der Waals surface area (Å²) >= 11 is 3.39. The predicted octanol–water partition coefficient (Wildman–Crippen LogP) is 2.08. The maximum Gasteiger partial charge on any atom is 0.258 e. The third-order valence-corrected chi connectivity index (χ3v) is 3.93. The first-order valence-electron chi connectivity index (χ1n) is 6.32. The second-order valence-electron chi connectivity index (χ2n) is 4.82. The number of likely N-dealkylation sites (N-methyl/N-ethyl adjacent to an activating group) is 1. The molecule has 2 N–H and O–H groups in total. The molecule has 1 fully saturated rings. The minimum absolute atomic E-state index is 0.136. The first kappa shape index (κ1) is 13.5. The molecule has 106 valence electrons. The van der Waals surface area contributed by atoms with Crippen LogP contribution in [0.2, 0.25) is 0 Å². The van der Waals surface area contributed by atoms with Crippen LogP contribution >= 0.6 is 15.9 Å². The maximum absolute atomic E-state index is 5.77. The molecule has 0 bridgehead atoms. The Morgan fingerprint density at radius 1 is 1.45 bits per heavy atom. The van der Waals surface area contributed by atoms with Gasteiger partial charge in [-0.25, -0.2) is 0 Å². The molecule has 7 heteroatoms. The van der Waals surface area contributed by atoms with E-state index in [1.54, 1.807) is 6.07 Å². The highest BCUT2D eigenvalue weighted by molar-refractivity contribution is 9.10. The van der Waals surface area contributed by atoms with E-state index in [1.807, 2.05) is 19.2 Å². The number of rotatable bonds is 2. The molecule has 1 aliphatic heterocycles. The van der Waals surface area contributed by atoms with Gasteiger partial charge in [-0.2, -0.15) is 4.98 Å². The first-order chi connectivity index (χ1) is 9.63. The van der Waals surface area contributed by atoms with Crippen molar-refractivity contribution in [3.8, 4) is 11.5 Å². The van der Waals surface area contributed by atoms with Crippen LogP contribution in [0.25, 0.3) is 11.5 Å². The van der Waals surface area contributed by atoms with Crippen molar-refractivity contribution in [3.05, 3.63) is 28.5 Å². The number of ether oxygens (including phenoxy) is 1. The molecular weight excluding hydrogens is 324 g/mol. The summed E-state index contributed by atoms with van der Waals surface area (Å²) in [6.07, 6.45) is -0.136. The molecule has 1 unspecified atom stereocenters. The second-order valence-corrected chi connectivity index (χ2v) is 5.67. The Balaban J connectivity index is 1.84. The highest BCUT2D eigenvalue weighted by Crippen LogP contribution is 2.28. The van der Waals surface area contributed by atoms with Gasteiger partial charge in [0, 0.05) is 28.8 Å². The lowest BCUT2D eigenvalue weighted by Crippen LogP contribution is -2.35. The van der Waals surface area contributed by atoms with E-state index in [-0.39, 0.29) is 6.10 Å². The van der Waals surface area contributed by atoms with Crippen LogP contribution in [-0.4, -0.2) is 41.8 Å². The Hall–Kier alpha value is -1.44. The summed E-state index contributed by atoms with van der Waals surface area (Å²) in [5.41, 5.74) is 7.26. The van der Waals surface area contributed by atoms with Crippen molar-refractivity contribution in [2.45, 2.75) is 6.10 Å². The predicted molar refractivity (Wildman–Crippen MR) is 78.0 cm³/mol. The molecular formula is C13H15BrN4O2. The molecule has 2 heterocycles. The number of nitrogen functional groups attached to an aromatic ring is 1. The van der Waals surface area contributed by atoms with Crippen LogP contribution in [0, 0.1) is 0 Å². The van der Waals surface area contributed by atoms with E-state index in [0.29, 0.717) is 24.0 Å². The monoisotopic (exact) mass is 338 g/mol. The van der Waals surface area contributed by atoms with Crippen molar-refractivity contribution in [1.29, 1.82) is 0 Å². The molecule has 1 aromatic carbocycles. The maximum atomic E-state index is 5.77. The Labute approximate surface area is 125 Å². The largest absolute Gasteiger partial charge is 0.398 e. The van der Waals surface area contributed by atoms with E-state index in [2.05, 4.69) is 31.0 Å². The van der Waals surface area contributed by atoms with Crippen LogP contribution in [0.4, 0.5) is 5.69 Å². The fraction of sp³-hybridized carbons (Fsp3) is 0.385. The summed E-state index contributed by atoms with van der Waals surface area (Å²) in [6.45, 7) is 2.37. The zero-order valence-corrected chi connectivity index (χ0v) is 12.6. The van der Waals surface area contributed by atoms with E-state index < -0.39 is 0 Å². The van der Waals surface area contributed by atoms with Gasteiger partial charge >= 0.3 is 0 Å². The van der Waals surface area contributed by atoms with Gasteiger partial charge < -0.3 is 19.9 Å². The molecule has 0 radical (unpaired) electrons. The van der Waals surface area contributed by atoms with Crippen LogP contribution < -0.4 is 5.73 Å². The fourth-order valence-corrected chi connectivity index (χ4v) is 2.46. The summed E-state index contributed by atoms with van der Waals surface area (Å²) in [6, 6.07) is 5.51. The number of nitrogens with two attached hydrogens (primary N) is 1. The number of anilines is 1. The van der Waals surface area contributed by atoms with Gasteiger partial charge in [-0.1, -0.05) is 5.16 Å². The Morgan fingerprint density at radius 3 is 3.05 bits per heavy atom. The lowest BCUT2D eigenvalue weighted by atomic mass is 10.2. The molecule has 1 atom stereocenters. The number of aromatic nitrogens is 2. The summed E-state index contributed by atoms with van der Waals surface area (Å²) in [5.74, 6) is 1.05. The van der Waals surface area contributed by atoms with Crippen molar-refractivity contribution in [3.63, 3.8) is 0 Å². The smallest absolute Gasteiger partial charge is 0.258 e. The van der Waals surface area contributed by atoms with Crippen molar-refractivity contribution in [2.24, 2.45) is 0 Å². The van der Waals surface area contributed by atoms with Gasteiger partial charge in [0.25, 0.3) is 5.89 Å². The average molecular weight is 339 g/mol. The molecule has 1 saturated heterocycles. The third kappa shape index (κ3) is 2.70. The van der Waals surface area contributed by atoms with E-state index in [9.17, 15) is 0 Å². The first-order valence-corrected chi connectivity index (χ1v) is 7.12. The molecule has 0 spiro atoms. The standard InChI is InChI=1S/C13H15BrN4O2/c1-18-4-5-19-11(7-18)12-16-13(20-17-12)8-2-3-10(15)9(14)6-8/h2-3,6,11H,4-5,7,15H2,1H3. The zero-order chi connectivity index (χ0) is 14.1. The number of nitrogens with zero attached hydrogens (tertiary/aromatic N) is 3. The number of benzene rings is 1. The van der Waals surface area contributed by atoms with Crippen LogP contribution in [0.5, 0.6) is 0 Å². The molecule has 20 heavy (non-hydrogen) atoms. The van der Waals surface area contributed by atoms with E-state index >= 15 is 0 Å². The fourth-order valence-electron chi connectivity index (χ4n) is 2.08. The number of hydrogen-bond donors (Lipinski definition) is 1. The highest BCUT2D eigenvalue weighted by atomic mass is 79.9. The van der Waals surface area contributed by atoms with Crippen LogP contribution in [0.15, 0.2) is 27.2 Å². The second kappa shape index (κ2) is 5.51. The lowest BCUT2D eigenvalue weighted by Gasteiger charge is -2.27. The topological polar surface area (TPSA) is 77.4 Å². The van der Waals surface area contributed by atoms with Gasteiger partial charge in [-0.15, -0.1) is 0 Å². The lowest BCUT2D eigenvalue weighted by molar-refractivity contribution is -0.0264. The number of halogens is 1. The van der Waals surface area contributed by atoms with Crippen molar-refractivity contribution < 1.29 is 9.26 Å². The normalized spacial score (nSPS) is 20.2. The van der Waals surface area contributed by atoms with E-state index in [0.717, 1.165) is 23.1 Å². The molecule has 0 aliphatic carbocycles. The Morgan fingerprint density at radius 2 is 2.30 bits per heavy atom. The summed E-state index contributed by atoms with van der Waals surface area (Å²) in [7, 11) is 2.05. The molecule has 0 saturated carbocycles. The van der Waals surface area contributed by atoms with Crippen LogP contribution in [0.1, 0.15) is 11.9 Å². The Kier molecular flexibility index (Phi) is 3.73. The number of morpholine rings is 1. The summed E-state index contributed by atoms with van der Waals surface area (Å²) < 4.78 is 11.8.